The predicted octanol–water partition coefficient (Wildman–Crippen LogP) is 2.28. The summed E-state index contributed by atoms with van der Waals surface area (Å²) in [7, 11) is 0. The van der Waals surface area contributed by atoms with Gasteiger partial charge in [-0.1, -0.05) is 6.07 Å². The first-order chi connectivity index (χ1) is 13.7. The molecule has 1 amide bonds. The van der Waals surface area contributed by atoms with E-state index in [2.05, 4.69) is 30.2 Å². The summed E-state index contributed by atoms with van der Waals surface area (Å²) in [6.07, 6.45) is 5.02. The van der Waals surface area contributed by atoms with Gasteiger partial charge in [-0.2, -0.15) is 0 Å². The van der Waals surface area contributed by atoms with Gasteiger partial charge in [0.2, 0.25) is 0 Å². The lowest BCUT2D eigenvalue weighted by atomic mass is 10.2. The zero-order valence-corrected chi connectivity index (χ0v) is 15.6. The molecule has 28 heavy (non-hydrogen) atoms. The van der Waals surface area contributed by atoms with Crippen molar-refractivity contribution >= 4 is 23.4 Å². The number of pyridine rings is 2. The van der Waals surface area contributed by atoms with Gasteiger partial charge in [-0.3, -0.25) is 9.78 Å². The fraction of sp³-hybridized carbons (Fsp3) is 0.250. The van der Waals surface area contributed by atoms with Crippen molar-refractivity contribution in [3.05, 3.63) is 66.4 Å². The summed E-state index contributed by atoms with van der Waals surface area (Å²) in [5.41, 5.74) is 0.670. The summed E-state index contributed by atoms with van der Waals surface area (Å²) in [5, 5.41) is 3.21. The van der Waals surface area contributed by atoms with E-state index in [1.807, 2.05) is 36.1 Å². The maximum Gasteiger partial charge on any atom is 0.254 e. The topological polar surface area (TPSA) is 87.1 Å². The van der Waals surface area contributed by atoms with Crippen molar-refractivity contribution in [2.24, 2.45) is 0 Å². The van der Waals surface area contributed by atoms with E-state index in [1.54, 1.807) is 30.7 Å². The number of anilines is 3. The minimum atomic E-state index is 0.0402. The van der Waals surface area contributed by atoms with Crippen LogP contribution in [0.4, 0.5) is 17.5 Å². The minimum absolute atomic E-state index is 0.0402. The Hall–Kier alpha value is -3.55. The maximum atomic E-state index is 12.6. The van der Waals surface area contributed by atoms with Crippen molar-refractivity contribution in [2.75, 3.05) is 36.4 Å². The summed E-state index contributed by atoms with van der Waals surface area (Å²) in [4.78, 5) is 33.9. The Labute approximate surface area is 163 Å². The van der Waals surface area contributed by atoms with Crippen LogP contribution in [-0.4, -0.2) is 56.9 Å². The van der Waals surface area contributed by atoms with E-state index in [-0.39, 0.29) is 5.91 Å². The lowest BCUT2D eigenvalue weighted by Crippen LogP contribution is -2.49. The van der Waals surface area contributed by atoms with E-state index in [4.69, 9.17) is 0 Å². The van der Waals surface area contributed by atoms with E-state index in [9.17, 15) is 4.79 Å². The summed E-state index contributed by atoms with van der Waals surface area (Å²) in [6.45, 7) is 4.60. The number of carbonyl (C=O) groups is 1. The van der Waals surface area contributed by atoms with Crippen molar-refractivity contribution in [1.29, 1.82) is 0 Å². The van der Waals surface area contributed by atoms with Crippen LogP contribution in [0, 0.1) is 6.92 Å². The third kappa shape index (κ3) is 4.06. The van der Waals surface area contributed by atoms with Crippen molar-refractivity contribution in [3.8, 4) is 0 Å². The lowest BCUT2D eigenvalue weighted by molar-refractivity contribution is 0.0746. The predicted molar refractivity (Wildman–Crippen MR) is 107 cm³/mol. The van der Waals surface area contributed by atoms with Crippen LogP contribution in [0.25, 0.3) is 0 Å². The number of nitrogens with one attached hydrogen (secondary N) is 1. The first-order valence-electron chi connectivity index (χ1n) is 9.17. The molecule has 142 valence electrons. The van der Waals surface area contributed by atoms with Crippen LogP contribution in [0.2, 0.25) is 0 Å². The zero-order valence-electron chi connectivity index (χ0n) is 15.6. The molecular formula is C20H21N7O. The molecule has 8 nitrogen and oxygen atoms in total. The average Bonchev–Trinajstić information content (AvgIpc) is 2.74. The molecule has 1 saturated heterocycles. The number of rotatable bonds is 4. The molecule has 0 spiro atoms. The fourth-order valence-corrected chi connectivity index (χ4v) is 3.16. The second kappa shape index (κ2) is 7.99. The Morgan fingerprint density at radius 1 is 0.964 bits per heavy atom. The average molecular weight is 375 g/mol. The molecule has 1 N–H and O–H groups in total. The molecule has 0 unspecified atom stereocenters. The molecule has 4 heterocycles. The third-order valence-electron chi connectivity index (χ3n) is 4.56. The minimum Gasteiger partial charge on any atom is -0.353 e. The molecule has 0 aliphatic carbocycles. The largest absolute Gasteiger partial charge is 0.353 e. The van der Waals surface area contributed by atoms with Crippen LogP contribution in [0.15, 0.2) is 55.0 Å². The van der Waals surface area contributed by atoms with Crippen LogP contribution < -0.4 is 10.2 Å². The molecule has 4 rings (SSSR count). The van der Waals surface area contributed by atoms with Crippen LogP contribution in [0.1, 0.15) is 16.2 Å². The van der Waals surface area contributed by atoms with Crippen molar-refractivity contribution in [3.63, 3.8) is 0 Å². The Kier molecular flexibility index (Phi) is 5.09. The van der Waals surface area contributed by atoms with Gasteiger partial charge in [0.15, 0.2) is 0 Å². The smallest absolute Gasteiger partial charge is 0.254 e. The van der Waals surface area contributed by atoms with Gasteiger partial charge in [-0.15, -0.1) is 0 Å². The lowest BCUT2D eigenvalue weighted by Gasteiger charge is -2.35. The van der Waals surface area contributed by atoms with Gasteiger partial charge >= 0.3 is 0 Å². The summed E-state index contributed by atoms with van der Waals surface area (Å²) >= 11 is 0. The molecule has 3 aromatic heterocycles. The van der Waals surface area contributed by atoms with Crippen molar-refractivity contribution in [1.82, 2.24) is 24.8 Å². The van der Waals surface area contributed by atoms with Crippen LogP contribution in [0.5, 0.6) is 0 Å². The maximum absolute atomic E-state index is 12.6. The Morgan fingerprint density at radius 2 is 1.75 bits per heavy atom. The number of aryl methyl sites for hydroxylation is 1. The highest BCUT2D eigenvalue weighted by molar-refractivity contribution is 5.94. The summed E-state index contributed by atoms with van der Waals surface area (Å²) in [6, 6.07) is 11.1. The van der Waals surface area contributed by atoms with Crippen LogP contribution in [0.3, 0.4) is 0 Å². The van der Waals surface area contributed by atoms with E-state index >= 15 is 0 Å². The second-order valence-corrected chi connectivity index (χ2v) is 6.51. The molecule has 1 aliphatic heterocycles. The van der Waals surface area contributed by atoms with Gasteiger partial charge in [-0.05, 0) is 31.2 Å². The number of hydrogen-bond donors (Lipinski definition) is 1. The highest BCUT2D eigenvalue weighted by atomic mass is 16.2. The number of aromatic nitrogens is 4. The molecular weight excluding hydrogens is 354 g/mol. The molecule has 0 atom stereocenters. The number of hydrogen-bond acceptors (Lipinski definition) is 7. The number of amides is 1. The molecule has 3 aromatic rings. The molecule has 1 aliphatic rings. The van der Waals surface area contributed by atoms with Crippen LogP contribution >= 0.6 is 0 Å². The molecule has 0 saturated carbocycles. The zero-order chi connectivity index (χ0) is 19.3. The van der Waals surface area contributed by atoms with E-state index in [1.165, 1.54) is 0 Å². The van der Waals surface area contributed by atoms with E-state index in [0.29, 0.717) is 30.3 Å². The molecule has 1 fully saturated rings. The van der Waals surface area contributed by atoms with Crippen LogP contribution in [-0.2, 0) is 0 Å². The number of nitrogens with zero attached hydrogens (tertiary/aromatic N) is 6. The highest BCUT2D eigenvalue weighted by Gasteiger charge is 2.23. The summed E-state index contributed by atoms with van der Waals surface area (Å²) < 4.78 is 0. The Balaban J connectivity index is 1.44. The number of carbonyl (C=O) groups excluding carboxylic acids is 1. The van der Waals surface area contributed by atoms with E-state index in [0.717, 1.165) is 24.7 Å². The van der Waals surface area contributed by atoms with Gasteiger partial charge in [0.1, 0.15) is 23.3 Å². The monoisotopic (exact) mass is 375 g/mol. The first-order valence-corrected chi connectivity index (χ1v) is 9.17. The van der Waals surface area contributed by atoms with Gasteiger partial charge in [0, 0.05) is 56.4 Å². The number of piperazine rings is 1. The molecule has 0 aromatic carbocycles. The standard InChI is InChI=1S/C20H21N7O/c1-15-23-18(25-17-4-2-3-7-22-17)14-19(24-15)26-10-12-27(13-11-26)20(28)16-5-8-21-9-6-16/h2-9,14H,10-13H2,1H3,(H,22,23,24,25). The molecule has 0 bridgehead atoms. The highest BCUT2D eigenvalue weighted by Crippen LogP contribution is 2.20. The SMILES string of the molecule is Cc1nc(Nc2ccccn2)cc(N2CCN(C(=O)c3ccncc3)CC2)n1. The van der Waals surface area contributed by atoms with Gasteiger partial charge < -0.3 is 15.1 Å². The summed E-state index contributed by atoms with van der Waals surface area (Å²) in [5.74, 6) is 3.02. The molecule has 0 radical (unpaired) electrons. The fourth-order valence-electron chi connectivity index (χ4n) is 3.16. The second-order valence-electron chi connectivity index (χ2n) is 6.51. The van der Waals surface area contributed by atoms with E-state index < -0.39 is 0 Å². The molecule has 8 heteroatoms. The van der Waals surface area contributed by atoms with Gasteiger partial charge in [0.05, 0.1) is 0 Å². The van der Waals surface area contributed by atoms with Crippen molar-refractivity contribution < 1.29 is 4.79 Å². The van der Waals surface area contributed by atoms with Crippen molar-refractivity contribution in [2.45, 2.75) is 6.92 Å². The normalized spacial score (nSPS) is 14.0. The van der Waals surface area contributed by atoms with Gasteiger partial charge in [0.25, 0.3) is 5.91 Å². The third-order valence-corrected chi connectivity index (χ3v) is 4.56. The quantitative estimate of drug-likeness (QED) is 0.748. The Bertz CT molecular complexity index is 941. The van der Waals surface area contributed by atoms with Gasteiger partial charge in [-0.25, -0.2) is 15.0 Å². The Morgan fingerprint density at radius 3 is 2.46 bits per heavy atom. The first kappa shape index (κ1) is 17.8.